The Bertz CT molecular complexity index is 2560. The summed E-state index contributed by atoms with van der Waals surface area (Å²) in [7, 11) is -2.71. The smallest absolute Gasteiger partial charge is 0.293 e. The van der Waals surface area contributed by atoms with Crippen molar-refractivity contribution in [2.24, 2.45) is 29.1 Å². The summed E-state index contributed by atoms with van der Waals surface area (Å²) < 4.78 is 51.4. The molecule has 1 unspecified atom stereocenters. The van der Waals surface area contributed by atoms with Crippen LogP contribution in [0.3, 0.4) is 0 Å². The van der Waals surface area contributed by atoms with Crippen molar-refractivity contribution < 1.29 is 27.3 Å². The number of nitrogens with zero attached hydrogens (tertiary/aromatic N) is 5. The van der Waals surface area contributed by atoms with E-state index in [1.807, 2.05) is 18.0 Å². The molecule has 4 heterocycles. The van der Waals surface area contributed by atoms with Crippen LogP contribution in [0.4, 0.5) is 21.5 Å². The van der Waals surface area contributed by atoms with E-state index in [1.54, 1.807) is 41.6 Å². The zero-order chi connectivity index (χ0) is 45.0. The van der Waals surface area contributed by atoms with Crippen LogP contribution in [0.15, 0.2) is 77.0 Å². The maximum Gasteiger partial charge on any atom is 0.293 e. The van der Waals surface area contributed by atoms with Gasteiger partial charge in [-0.15, -0.1) is 0 Å². The predicted octanol–water partition coefficient (Wildman–Crippen LogP) is 8.54. The van der Waals surface area contributed by atoms with E-state index in [0.717, 1.165) is 79.6 Å². The number of nitrogens with one attached hydrogen (secondary N) is 3. The van der Waals surface area contributed by atoms with Gasteiger partial charge in [-0.2, -0.15) is 0 Å². The number of H-pyrrole nitrogens is 1. The third-order valence-corrected chi connectivity index (χ3v) is 16.4. The summed E-state index contributed by atoms with van der Waals surface area (Å²) in [6.45, 7) is 12.6. The number of rotatable bonds is 13. The number of likely N-dealkylation sites (tertiary alicyclic amines) is 1. The number of sulfonamides is 1. The van der Waals surface area contributed by atoms with E-state index in [9.17, 15) is 23.3 Å². The second-order valence-electron chi connectivity index (χ2n) is 20.1. The van der Waals surface area contributed by atoms with Gasteiger partial charge in [0.25, 0.3) is 21.6 Å². The average Bonchev–Trinajstić information content (AvgIpc) is 3.72. The summed E-state index contributed by atoms with van der Waals surface area (Å²) in [6.07, 6.45) is 11.6. The minimum atomic E-state index is -4.62. The molecule has 1 amide bonds. The Kier molecular flexibility index (Phi) is 12.0. The fraction of sp³-hybridized carbons (Fsp3) is 0.542. The van der Waals surface area contributed by atoms with E-state index in [4.69, 9.17) is 4.74 Å². The molecule has 16 heteroatoms. The van der Waals surface area contributed by atoms with Gasteiger partial charge in [0, 0.05) is 81.8 Å². The molecular weight excluding hydrogens is 836 g/mol. The van der Waals surface area contributed by atoms with Crippen LogP contribution in [-0.4, -0.2) is 104 Å². The van der Waals surface area contributed by atoms with Crippen molar-refractivity contribution in [3.63, 3.8) is 0 Å². The molecule has 2 aromatic carbocycles. The molecule has 3 saturated carbocycles. The number of piperidine rings is 1. The molecule has 2 aromatic heterocycles. The Morgan fingerprint density at radius 1 is 1.00 bits per heavy atom. The molecule has 2 aliphatic heterocycles. The van der Waals surface area contributed by atoms with Crippen LogP contribution in [-0.2, 0) is 10.0 Å². The lowest BCUT2D eigenvalue weighted by Crippen LogP contribution is -2.48. The number of allylic oxidation sites excluding steroid dienone is 1. The highest BCUT2D eigenvalue weighted by molar-refractivity contribution is 7.90. The number of hydrogen-bond donors (Lipinski definition) is 3. The lowest BCUT2D eigenvalue weighted by Gasteiger charge is -2.53. The Balaban J connectivity index is 0.918. The largest absolute Gasteiger partial charge is 0.455 e. The quantitative estimate of drug-likeness (QED) is 0.0669. The van der Waals surface area contributed by atoms with Gasteiger partial charge in [0.2, 0.25) is 0 Å². The maximum atomic E-state index is 15.5. The monoisotopic (exact) mass is 896 g/mol. The number of aromatic nitrogens is 2. The standard InChI is InChI=1S/C48H61FN8O6S/c1-31-21-40(35-22-34(31)23-35)41-27-47(2,3)11-9-33(41)29-55-17-19-56(20-18-55)36-5-7-39(44(25-36)63-37-24-32-10-14-50-45(32)51-28-37)46(58)53-64(61,62)38-6-8-42(43(26-38)57(59)60)52-30-48(49)12-15-54(4)16-13-48/h5-8,10,14,24-26,28,31,34-35,40,52H,9,11-13,15-23,27,29-30H2,1-4H3,(H,50,51)(H,53,58)/t31-,34?,35?,40?/m0/s1. The van der Waals surface area contributed by atoms with Crippen LogP contribution >= 0.6 is 0 Å². The van der Waals surface area contributed by atoms with Crippen LogP contribution in [0.25, 0.3) is 11.0 Å². The van der Waals surface area contributed by atoms with Gasteiger partial charge < -0.3 is 24.8 Å². The number of aromatic amines is 1. The molecule has 2 bridgehead atoms. The number of carbonyl (C=O) groups is 1. The number of amides is 1. The highest BCUT2D eigenvalue weighted by Gasteiger charge is 2.47. The van der Waals surface area contributed by atoms with Crippen LogP contribution in [0.2, 0.25) is 0 Å². The number of nitro groups is 1. The molecule has 64 heavy (non-hydrogen) atoms. The lowest BCUT2D eigenvalue weighted by atomic mass is 9.52. The van der Waals surface area contributed by atoms with Gasteiger partial charge in [0.05, 0.1) is 21.6 Å². The number of halogens is 1. The topological polar surface area (TPSA) is 166 Å². The number of anilines is 2. The van der Waals surface area contributed by atoms with Crippen LogP contribution in [0.1, 0.15) is 82.5 Å². The first-order valence-corrected chi connectivity index (χ1v) is 24.4. The SMILES string of the molecule is C[C@H]1CC(C2=C(CN3CCN(c4ccc(C(=O)NS(=O)(=O)c5ccc(NCC6(F)CCN(C)CC6)c([N+](=O)[O-])c5)c(Oc5cnc6[nH]ccc6c5)c4)CC3)CCC(C)(C)C2)C2CC1C2. The summed E-state index contributed by atoms with van der Waals surface area (Å²) in [5, 5.41) is 15.8. The third kappa shape index (κ3) is 9.36. The van der Waals surface area contributed by atoms with Crippen molar-refractivity contribution in [1.82, 2.24) is 24.5 Å². The molecule has 6 aliphatic rings. The zero-order valence-corrected chi connectivity index (χ0v) is 38.2. The Hall–Kier alpha value is -5.06. The van der Waals surface area contributed by atoms with E-state index in [-0.39, 0.29) is 36.4 Å². The molecule has 0 spiro atoms. The van der Waals surface area contributed by atoms with E-state index in [1.165, 1.54) is 50.8 Å². The lowest BCUT2D eigenvalue weighted by molar-refractivity contribution is -0.384. The van der Waals surface area contributed by atoms with Crippen molar-refractivity contribution in [2.75, 3.05) is 69.6 Å². The highest BCUT2D eigenvalue weighted by Crippen LogP contribution is 2.57. The van der Waals surface area contributed by atoms with Gasteiger partial charge in [-0.3, -0.25) is 19.8 Å². The Morgan fingerprint density at radius 2 is 1.77 bits per heavy atom. The number of pyridine rings is 1. The number of fused-ring (bicyclic) bond motifs is 3. The van der Waals surface area contributed by atoms with E-state index in [0.29, 0.717) is 29.9 Å². The molecule has 4 aromatic rings. The first-order chi connectivity index (χ1) is 30.5. The minimum Gasteiger partial charge on any atom is -0.455 e. The third-order valence-electron chi connectivity index (χ3n) is 15.0. The average molecular weight is 897 g/mol. The molecule has 3 N–H and O–H groups in total. The van der Waals surface area contributed by atoms with Gasteiger partial charge in [0.1, 0.15) is 28.5 Å². The molecule has 2 saturated heterocycles. The Morgan fingerprint density at radius 3 is 2.50 bits per heavy atom. The highest BCUT2D eigenvalue weighted by atomic mass is 32.2. The van der Waals surface area contributed by atoms with Gasteiger partial charge in [-0.05, 0) is 124 Å². The molecule has 0 radical (unpaired) electrons. The number of benzene rings is 2. The summed E-state index contributed by atoms with van der Waals surface area (Å²) in [4.78, 5) is 39.2. The van der Waals surface area contributed by atoms with Gasteiger partial charge in [0.15, 0.2) is 0 Å². The molecule has 10 rings (SSSR count). The van der Waals surface area contributed by atoms with Gasteiger partial charge in [-0.1, -0.05) is 31.9 Å². The van der Waals surface area contributed by atoms with Crippen LogP contribution in [0, 0.1) is 39.2 Å². The van der Waals surface area contributed by atoms with Crippen molar-refractivity contribution in [1.29, 1.82) is 0 Å². The molecular formula is C48H61FN8O6S. The predicted molar refractivity (Wildman–Crippen MR) is 246 cm³/mol. The molecule has 14 nitrogen and oxygen atoms in total. The van der Waals surface area contributed by atoms with E-state index in [2.05, 4.69) is 50.6 Å². The zero-order valence-electron chi connectivity index (χ0n) is 37.4. The maximum absolute atomic E-state index is 15.5. The Labute approximate surface area is 375 Å². The first kappa shape index (κ1) is 44.2. The molecule has 342 valence electrons. The van der Waals surface area contributed by atoms with Crippen LogP contribution in [0.5, 0.6) is 11.5 Å². The number of carbonyl (C=O) groups excluding carboxylic acids is 1. The normalized spacial score (nSPS) is 24.9. The molecule has 5 fully saturated rings. The second kappa shape index (κ2) is 17.4. The summed E-state index contributed by atoms with van der Waals surface area (Å²) >= 11 is 0. The molecule has 2 atom stereocenters. The van der Waals surface area contributed by atoms with E-state index >= 15 is 4.39 Å². The summed E-state index contributed by atoms with van der Waals surface area (Å²) in [5.41, 5.74) is 3.09. The van der Waals surface area contributed by atoms with Gasteiger partial charge >= 0.3 is 0 Å². The fourth-order valence-electron chi connectivity index (χ4n) is 10.8. The fourth-order valence-corrected chi connectivity index (χ4v) is 11.8. The van der Waals surface area contributed by atoms with Crippen molar-refractivity contribution in [2.45, 2.75) is 82.7 Å². The number of alkyl halides is 1. The summed E-state index contributed by atoms with van der Waals surface area (Å²) in [6, 6.07) is 12.0. The van der Waals surface area contributed by atoms with Crippen LogP contribution < -0.4 is 19.7 Å². The number of nitro benzene ring substituents is 1. The number of hydrogen-bond acceptors (Lipinski definition) is 11. The van der Waals surface area contributed by atoms with Crippen molar-refractivity contribution in [3.05, 3.63) is 87.7 Å². The second-order valence-corrected chi connectivity index (χ2v) is 21.8. The first-order valence-electron chi connectivity index (χ1n) is 22.9. The number of piperazine rings is 1. The number of ether oxygens (including phenoxy) is 1. The minimum absolute atomic E-state index is 0.0171. The summed E-state index contributed by atoms with van der Waals surface area (Å²) in [5.74, 6) is 2.85. The molecule has 4 aliphatic carbocycles. The van der Waals surface area contributed by atoms with Crippen molar-refractivity contribution in [3.8, 4) is 11.5 Å². The van der Waals surface area contributed by atoms with E-state index < -0.39 is 37.1 Å². The van der Waals surface area contributed by atoms with Gasteiger partial charge in [-0.25, -0.2) is 22.5 Å². The van der Waals surface area contributed by atoms with Crippen molar-refractivity contribution >= 4 is 44.0 Å².